The van der Waals surface area contributed by atoms with E-state index in [1.165, 1.54) is 12.1 Å². The fourth-order valence-electron chi connectivity index (χ4n) is 2.52. The Balaban J connectivity index is 1.89. The van der Waals surface area contributed by atoms with Gasteiger partial charge in [-0.2, -0.15) is 17.5 Å². The van der Waals surface area contributed by atoms with E-state index in [-0.39, 0.29) is 28.3 Å². The van der Waals surface area contributed by atoms with Crippen molar-refractivity contribution in [1.82, 2.24) is 4.37 Å². The van der Waals surface area contributed by atoms with E-state index in [4.69, 9.17) is 10.9 Å². The summed E-state index contributed by atoms with van der Waals surface area (Å²) < 4.78 is 78.8. The number of hydrogen-bond acceptors (Lipinski definition) is 5. The Morgan fingerprint density at radius 2 is 1.71 bits per heavy atom. The van der Waals surface area contributed by atoms with E-state index in [0.717, 1.165) is 23.7 Å². The highest BCUT2D eigenvalue weighted by molar-refractivity contribution is 7.89. The van der Waals surface area contributed by atoms with E-state index in [1.807, 2.05) is 0 Å². The summed E-state index contributed by atoms with van der Waals surface area (Å²) in [4.78, 5) is 0.527. The van der Waals surface area contributed by atoms with Gasteiger partial charge < -0.3 is 5.73 Å². The molecule has 0 spiro atoms. The highest BCUT2D eigenvalue weighted by atomic mass is 32.2. The molecule has 0 atom stereocenters. The molecule has 0 amide bonds. The Kier molecular flexibility index (Phi) is 5.17. The number of sulfonamides is 1. The van der Waals surface area contributed by atoms with E-state index < -0.39 is 27.6 Å². The molecule has 28 heavy (non-hydrogen) atoms. The Hall–Kier alpha value is -2.50. The molecule has 148 valence electrons. The van der Waals surface area contributed by atoms with Gasteiger partial charge >= 0.3 is 6.18 Å². The van der Waals surface area contributed by atoms with Crippen molar-refractivity contribution in [2.75, 3.05) is 5.73 Å². The monoisotopic (exact) mass is 431 g/mol. The van der Waals surface area contributed by atoms with Crippen molar-refractivity contribution in [3.8, 4) is 11.3 Å². The second kappa shape index (κ2) is 7.15. The number of nitrogens with zero attached hydrogens (tertiary/aromatic N) is 1. The van der Waals surface area contributed by atoms with Crippen molar-refractivity contribution in [2.45, 2.75) is 17.5 Å². The number of hydrogen-bond donors (Lipinski definition) is 2. The van der Waals surface area contributed by atoms with Gasteiger partial charge in [-0.05, 0) is 47.4 Å². The molecule has 0 radical (unpaired) electrons. The SMILES string of the molecule is Nc1c(-c2ccc(C(F)(F)F)cc2F)nsc1Cc1ccc(S(N)(=O)=O)cc1. The van der Waals surface area contributed by atoms with Crippen LogP contribution >= 0.6 is 11.5 Å². The largest absolute Gasteiger partial charge is 0.416 e. The van der Waals surface area contributed by atoms with Crippen LogP contribution < -0.4 is 10.9 Å². The second-order valence-electron chi connectivity index (χ2n) is 5.93. The lowest BCUT2D eigenvalue weighted by atomic mass is 10.0. The normalized spacial score (nSPS) is 12.3. The number of rotatable bonds is 4. The lowest BCUT2D eigenvalue weighted by Crippen LogP contribution is -2.11. The van der Waals surface area contributed by atoms with Gasteiger partial charge in [-0.25, -0.2) is 17.9 Å². The number of nitrogen functional groups attached to an aromatic ring is 1. The molecule has 0 saturated carbocycles. The van der Waals surface area contributed by atoms with Crippen LogP contribution in [0.25, 0.3) is 11.3 Å². The van der Waals surface area contributed by atoms with Gasteiger partial charge in [-0.3, -0.25) is 0 Å². The Morgan fingerprint density at radius 3 is 2.25 bits per heavy atom. The van der Waals surface area contributed by atoms with Crippen LogP contribution in [0.3, 0.4) is 0 Å². The standard InChI is InChI=1S/C17H13F4N3O2S2/c18-13-8-10(17(19,20)21)3-6-12(13)16-15(22)14(27-24-16)7-9-1-4-11(5-2-9)28(23,25)26/h1-6,8H,7,22H2,(H2,23,25,26). The van der Waals surface area contributed by atoms with Crippen LogP contribution in [0, 0.1) is 5.82 Å². The molecule has 0 unspecified atom stereocenters. The van der Waals surface area contributed by atoms with E-state index in [9.17, 15) is 26.0 Å². The number of alkyl halides is 3. The summed E-state index contributed by atoms with van der Waals surface area (Å²) in [5, 5.41) is 5.04. The molecule has 0 aliphatic rings. The lowest BCUT2D eigenvalue weighted by Gasteiger charge is -2.08. The minimum absolute atomic E-state index is 0.0407. The van der Waals surface area contributed by atoms with Crippen LogP contribution in [-0.4, -0.2) is 12.8 Å². The molecular weight excluding hydrogens is 418 g/mol. The van der Waals surface area contributed by atoms with Gasteiger partial charge in [-0.15, -0.1) is 0 Å². The van der Waals surface area contributed by atoms with Crippen LogP contribution in [0.5, 0.6) is 0 Å². The third kappa shape index (κ3) is 4.16. The summed E-state index contributed by atoms with van der Waals surface area (Å²) in [5.41, 5.74) is 5.72. The average molecular weight is 431 g/mol. The molecular formula is C17H13F4N3O2S2. The first-order valence-electron chi connectivity index (χ1n) is 7.69. The summed E-state index contributed by atoms with van der Waals surface area (Å²) in [5.74, 6) is -1.07. The Labute approximate surface area is 161 Å². The van der Waals surface area contributed by atoms with E-state index in [0.29, 0.717) is 16.5 Å². The molecule has 2 aromatic carbocycles. The maximum atomic E-state index is 14.2. The van der Waals surface area contributed by atoms with Crippen LogP contribution in [0.15, 0.2) is 47.4 Å². The summed E-state index contributed by atoms with van der Waals surface area (Å²) in [7, 11) is -3.81. The number of anilines is 1. The van der Waals surface area contributed by atoms with Gasteiger partial charge in [0, 0.05) is 12.0 Å². The average Bonchev–Trinajstić information content (AvgIpc) is 2.94. The molecule has 3 aromatic rings. The predicted octanol–water partition coefficient (Wildman–Crippen LogP) is 3.79. The molecule has 0 fully saturated rings. The van der Waals surface area contributed by atoms with Crippen molar-refractivity contribution in [2.24, 2.45) is 5.14 Å². The third-order valence-corrected chi connectivity index (χ3v) is 5.76. The first-order valence-corrected chi connectivity index (χ1v) is 10.0. The minimum atomic E-state index is -4.65. The van der Waals surface area contributed by atoms with E-state index >= 15 is 0 Å². The smallest absolute Gasteiger partial charge is 0.396 e. The highest BCUT2D eigenvalue weighted by Gasteiger charge is 2.31. The third-order valence-electron chi connectivity index (χ3n) is 3.97. The van der Waals surface area contributed by atoms with Gasteiger partial charge in [0.05, 0.1) is 21.0 Å². The number of halogens is 4. The van der Waals surface area contributed by atoms with Crippen molar-refractivity contribution >= 4 is 27.2 Å². The van der Waals surface area contributed by atoms with Gasteiger partial charge in [0.25, 0.3) is 0 Å². The summed E-state index contributed by atoms with van der Waals surface area (Å²) >= 11 is 0.987. The van der Waals surface area contributed by atoms with Crippen LogP contribution in [0.4, 0.5) is 23.2 Å². The zero-order valence-electron chi connectivity index (χ0n) is 14.0. The summed E-state index contributed by atoms with van der Waals surface area (Å²) in [6.45, 7) is 0. The lowest BCUT2D eigenvalue weighted by molar-refractivity contribution is -0.137. The van der Waals surface area contributed by atoms with Gasteiger partial charge in [0.15, 0.2) is 0 Å². The Morgan fingerprint density at radius 1 is 1.07 bits per heavy atom. The molecule has 4 N–H and O–H groups in total. The summed E-state index contributed by atoms with van der Waals surface area (Å²) in [6.07, 6.45) is -4.36. The van der Waals surface area contributed by atoms with Crippen LogP contribution in [0.2, 0.25) is 0 Å². The molecule has 1 heterocycles. The zero-order valence-corrected chi connectivity index (χ0v) is 15.6. The van der Waals surface area contributed by atoms with Crippen molar-refractivity contribution in [1.29, 1.82) is 0 Å². The van der Waals surface area contributed by atoms with Crippen molar-refractivity contribution in [3.63, 3.8) is 0 Å². The quantitative estimate of drug-likeness (QED) is 0.614. The maximum absolute atomic E-state index is 14.2. The molecule has 3 rings (SSSR count). The summed E-state index contributed by atoms with van der Waals surface area (Å²) in [6, 6.07) is 7.96. The molecule has 0 aliphatic heterocycles. The van der Waals surface area contributed by atoms with Crippen molar-refractivity contribution < 1.29 is 26.0 Å². The Bertz CT molecular complexity index is 1120. The number of nitrogens with two attached hydrogens (primary N) is 2. The van der Waals surface area contributed by atoms with E-state index in [2.05, 4.69) is 4.37 Å². The highest BCUT2D eigenvalue weighted by Crippen LogP contribution is 2.36. The molecule has 1 aromatic heterocycles. The number of benzene rings is 2. The minimum Gasteiger partial charge on any atom is -0.396 e. The molecule has 0 bridgehead atoms. The molecule has 11 heteroatoms. The second-order valence-corrected chi connectivity index (χ2v) is 8.35. The first kappa shape index (κ1) is 20.2. The number of primary sulfonamides is 1. The van der Waals surface area contributed by atoms with E-state index in [1.54, 1.807) is 12.1 Å². The van der Waals surface area contributed by atoms with Crippen LogP contribution in [0.1, 0.15) is 16.0 Å². The van der Waals surface area contributed by atoms with Gasteiger partial charge in [-0.1, -0.05) is 12.1 Å². The molecule has 0 saturated heterocycles. The zero-order chi connectivity index (χ0) is 20.7. The first-order chi connectivity index (χ1) is 13.0. The topological polar surface area (TPSA) is 99.1 Å². The number of aromatic nitrogens is 1. The van der Waals surface area contributed by atoms with Crippen molar-refractivity contribution in [3.05, 3.63) is 64.3 Å². The fourth-order valence-corrected chi connectivity index (χ4v) is 3.86. The fraction of sp³-hybridized carbons (Fsp3) is 0.118. The predicted molar refractivity (Wildman–Crippen MR) is 97.5 cm³/mol. The maximum Gasteiger partial charge on any atom is 0.416 e. The van der Waals surface area contributed by atoms with Gasteiger partial charge in [0.2, 0.25) is 10.0 Å². The molecule has 5 nitrogen and oxygen atoms in total. The molecule has 0 aliphatic carbocycles. The van der Waals surface area contributed by atoms with Crippen LogP contribution in [-0.2, 0) is 22.6 Å². The van der Waals surface area contributed by atoms with Gasteiger partial charge in [0.1, 0.15) is 11.5 Å².